The molecule has 12 N–H and O–H groups in total. The van der Waals surface area contributed by atoms with Gasteiger partial charge < -0.3 is 46.0 Å². The minimum absolute atomic E-state index is 0.0438. The highest BCUT2D eigenvalue weighted by Crippen LogP contribution is 2.50. The largest absolute Gasteiger partial charge is 0.505 e. The maximum atomic E-state index is 12.7. The lowest BCUT2D eigenvalue weighted by atomic mass is 10.0. The van der Waals surface area contributed by atoms with E-state index in [1.807, 2.05) is 0 Å². The highest BCUT2D eigenvalue weighted by atomic mass is 32.3. The van der Waals surface area contributed by atoms with Crippen molar-refractivity contribution in [1.82, 2.24) is 5.32 Å². The lowest BCUT2D eigenvalue weighted by Gasteiger charge is -2.37. The van der Waals surface area contributed by atoms with Crippen LogP contribution in [0, 0.1) is 0 Å². The molecule has 0 spiro atoms. The van der Waals surface area contributed by atoms with E-state index in [9.17, 15) is 32.2 Å². The minimum Gasteiger partial charge on any atom is -0.505 e. The zero-order chi connectivity index (χ0) is 22.8. The van der Waals surface area contributed by atoms with E-state index in [-0.39, 0.29) is 11.3 Å². The summed E-state index contributed by atoms with van der Waals surface area (Å²) in [5, 5.41) is 88.5. The van der Waals surface area contributed by atoms with Gasteiger partial charge in [0.25, 0.3) is 16.0 Å². The normalized spacial score (nSPS) is 23.1. The average molecular weight is 482 g/mol. The highest BCUT2D eigenvalue weighted by molar-refractivity contribution is 7.95. The highest BCUT2D eigenvalue weighted by Gasteiger charge is 2.53. The standard InChI is InChI=1S/C11H18N2O13S3/c12-29(25,26)8-6(14)5-4(13-10(18,19)11(20,21)22)1-3(2-9(15,16)17)28(23,24)7(5)27-8/h3-4,13-22H,1-2H2,(H2,12,25,26). The van der Waals surface area contributed by atoms with Gasteiger partial charge in [-0.3, -0.25) is 5.32 Å². The number of hydrogen-bond acceptors (Lipinski definition) is 15. The first kappa shape index (κ1) is 24.3. The van der Waals surface area contributed by atoms with Gasteiger partial charge in [-0.1, -0.05) is 0 Å². The molecule has 0 fully saturated rings. The van der Waals surface area contributed by atoms with Crippen LogP contribution in [-0.2, 0) is 19.9 Å². The molecule has 2 unspecified atom stereocenters. The summed E-state index contributed by atoms with van der Waals surface area (Å²) >= 11 is -0.0438. The third-order valence-electron chi connectivity index (χ3n) is 4.00. The van der Waals surface area contributed by atoms with Crippen LogP contribution >= 0.6 is 11.3 Å². The van der Waals surface area contributed by atoms with Crippen molar-refractivity contribution in [2.45, 2.75) is 50.4 Å². The predicted molar refractivity (Wildman–Crippen MR) is 89.4 cm³/mol. The fourth-order valence-corrected chi connectivity index (χ4v) is 7.57. The molecule has 15 nitrogen and oxygen atoms in total. The number of primary sulfonamides is 1. The topological polar surface area (TPSA) is 288 Å². The summed E-state index contributed by atoms with van der Waals surface area (Å²) in [4.78, 5) is 0. The van der Waals surface area contributed by atoms with Crippen molar-refractivity contribution in [2.24, 2.45) is 5.14 Å². The molecule has 168 valence electrons. The van der Waals surface area contributed by atoms with E-state index in [2.05, 4.69) is 0 Å². The second-order valence-corrected chi connectivity index (χ2v) is 11.6. The number of aromatic hydroxyl groups is 1. The summed E-state index contributed by atoms with van der Waals surface area (Å²) in [5.41, 5.74) is -0.772. The molecule has 0 amide bonds. The van der Waals surface area contributed by atoms with Crippen LogP contribution in [0.2, 0.25) is 0 Å². The summed E-state index contributed by atoms with van der Waals surface area (Å²) < 4.78 is 46.7. The van der Waals surface area contributed by atoms with E-state index in [0.717, 1.165) is 0 Å². The fraction of sp³-hybridized carbons (Fsp3) is 0.636. The fourth-order valence-electron chi connectivity index (χ4n) is 2.73. The molecule has 1 aliphatic rings. The Balaban J connectivity index is 2.72. The van der Waals surface area contributed by atoms with Gasteiger partial charge in [0.1, 0.15) is 4.21 Å². The summed E-state index contributed by atoms with van der Waals surface area (Å²) in [6.45, 7) is 0. The Morgan fingerprint density at radius 1 is 1.10 bits per heavy atom. The lowest BCUT2D eigenvalue weighted by molar-refractivity contribution is -0.457. The second-order valence-electron chi connectivity index (χ2n) is 6.37. The average Bonchev–Trinajstić information content (AvgIpc) is 2.80. The van der Waals surface area contributed by atoms with Crippen molar-refractivity contribution in [3.63, 3.8) is 0 Å². The number of nitrogens with two attached hydrogens (primary N) is 1. The van der Waals surface area contributed by atoms with Crippen LogP contribution in [0.5, 0.6) is 5.75 Å². The molecule has 0 radical (unpaired) electrons. The van der Waals surface area contributed by atoms with E-state index >= 15 is 0 Å². The number of hydrogen-bond donors (Lipinski definition) is 11. The second kappa shape index (κ2) is 7.02. The van der Waals surface area contributed by atoms with Crippen molar-refractivity contribution in [3.8, 4) is 5.75 Å². The van der Waals surface area contributed by atoms with Crippen molar-refractivity contribution in [1.29, 1.82) is 0 Å². The first-order chi connectivity index (χ1) is 12.7. The maximum absolute atomic E-state index is 12.7. The zero-order valence-corrected chi connectivity index (χ0v) is 16.5. The summed E-state index contributed by atoms with van der Waals surface area (Å²) in [6.07, 6.45) is -2.14. The van der Waals surface area contributed by atoms with Crippen LogP contribution in [0.25, 0.3) is 0 Å². The van der Waals surface area contributed by atoms with Crippen LogP contribution in [0.3, 0.4) is 0 Å². The van der Waals surface area contributed by atoms with Crippen LogP contribution in [-0.4, -0.2) is 85.9 Å². The number of nitrogens with one attached hydrogen (secondary N) is 1. The molecule has 2 atom stereocenters. The molecule has 0 bridgehead atoms. The van der Waals surface area contributed by atoms with Gasteiger partial charge in [-0.25, -0.2) is 22.0 Å². The lowest BCUT2D eigenvalue weighted by Crippen LogP contribution is -2.64. The van der Waals surface area contributed by atoms with Crippen molar-refractivity contribution >= 4 is 31.2 Å². The molecule has 29 heavy (non-hydrogen) atoms. The molecular formula is C11H18N2O13S3. The van der Waals surface area contributed by atoms with Gasteiger partial charge in [-0.05, 0) is 6.42 Å². The Kier molecular flexibility index (Phi) is 5.87. The minimum atomic E-state index is -4.67. The number of rotatable bonds is 6. The quantitative estimate of drug-likeness (QED) is 0.169. The van der Waals surface area contributed by atoms with Crippen molar-refractivity contribution in [3.05, 3.63) is 5.56 Å². The summed E-state index contributed by atoms with van der Waals surface area (Å²) in [5.74, 6) is -12.9. The van der Waals surface area contributed by atoms with Crippen molar-refractivity contribution in [2.75, 3.05) is 0 Å². The molecule has 1 aromatic heterocycles. The Bertz CT molecular complexity index is 1000. The number of sulfone groups is 1. The van der Waals surface area contributed by atoms with Gasteiger partial charge in [0.15, 0.2) is 19.8 Å². The van der Waals surface area contributed by atoms with Gasteiger partial charge in [-0.15, -0.1) is 11.3 Å². The van der Waals surface area contributed by atoms with Gasteiger partial charge in [0.2, 0.25) is 0 Å². The van der Waals surface area contributed by atoms with E-state index < -0.39 is 81.6 Å². The maximum Gasteiger partial charge on any atom is 0.348 e. The van der Waals surface area contributed by atoms with Crippen LogP contribution in [0.1, 0.15) is 24.4 Å². The van der Waals surface area contributed by atoms with Crippen LogP contribution in [0.15, 0.2) is 8.42 Å². The van der Waals surface area contributed by atoms with E-state index in [1.165, 1.54) is 0 Å². The molecule has 0 saturated heterocycles. The molecule has 1 aromatic rings. The Labute approximate surface area is 166 Å². The number of thiophene rings is 1. The first-order valence-electron chi connectivity index (χ1n) is 7.37. The molecule has 18 heteroatoms. The van der Waals surface area contributed by atoms with Gasteiger partial charge in [-0.2, -0.15) is 0 Å². The molecule has 2 heterocycles. The molecule has 2 rings (SSSR count). The SMILES string of the molecule is NS(=O)(=O)c1sc2c(c1O)C(NC(O)(O)C(O)(O)O)CC(CC(O)(O)O)S2(=O)=O. The summed E-state index contributed by atoms with van der Waals surface area (Å²) in [6, 6.07) is -1.83. The van der Waals surface area contributed by atoms with E-state index in [4.69, 9.17) is 35.8 Å². The van der Waals surface area contributed by atoms with E-state index in [1.54, 1.807) is 5.32 Å². The Hall–Kier alpha value is -1.00. The third-order valence-corrected chi connectivity index (χ3v) is 9.36. The van der Waals surface area contributed by atoms with Gasteiger partial charge in [0.05, 0.1) is 5.25 Å². The van der Waals surface area contributed by atoms with Gasteiger partial charge >= 0.3 is 11.9 Å². The molecule has 0 saturated carbocycles. The number of fused-ring (bicyclic) bond motifs is 1. The summed E-state index contributed by atoms with van der Waals surface area (Å²) in [7, 11) is -9.31. The van der Waals surface area contributed by atoms with Crippen molar-refractivity contribution < 1.29 is 62.8 Å². The molecular weight excluding hydrogens is 464 g/mol. The smallest absolute Gasteiger partial charge is 0.348 e. The number of aliphatic hydroxyl groups is 8. The first-order valence-corrected chi connectivity index (χ1v) is 11.3. The zero-order valence-electron chi connectivity index (χ0n) is 14.0. The third kappa shape index (κ3) is 4.69. The molecule has 0 aromatic carbocycles. The molecule has 1 aliphatic heterocycles. The van der Waals surface area contributed by atoms with E-state index in [0.29, 0.717) is 0 Å². The van der Waals surface area contributed by atoms with Gasteiger partial charge in [0, 0.05) is 18.0 Å². The Morgan fingerprint density at radius 3 is 2.03 bits per heavy atom. The number of sulfonamides is 1. The van der Waals surface area contributed by atoms with Crippen LogP contribution in [0.4, 0.5) is 0 Å². The Morgan fingerprint density at radius 2 is 1.62 bits per heavy atom. The van der Waals surface area contributed by atoms with Crippen LogP contribution < -0.4 is 10.5 Å². The molecule has 0 aliphatic carbocycles. The predicted octanol–water partition coefficient (Wildman–Crippen LogP) is -5.43. The monoisotopic (exact) mass is 482 g/mol.